The zero-order valence-corrected chi connectivity index (χ0v) is 7.57. The van der Waals surface area contributed by atoms with Gasteiger partial charge < -0.3 is 15.5 Å². The second kappa shape index (κ2) is 4.96. The molecule has 1 rings (SSSR count). The molecule has 0 aromatic carbocycles. The quantitative estimate of drug-likeness (QED) is 0.637. The number of anilines is 1. The summed E-state index contributed by atoms with van der Waals surface area (Å²) in [6.07, 6.45) is 2.82. The van der Waals surface area contributed by atoms with Crippen LogP contribution in [0.15, 0.2) is 12.4 Å². The van der Waals surface area contributed by atoms with Gasteiger partial charge in [0, 0.05) is 0 Å². The molecule has 5 nitrogen and oxygen atoms in total. The van der Waals surface area contributed by atoms with Crippen LogP contribution in [-0.2, 0) is 0 Å². The Labute approximate surface area is 80.4 Å². The van der Waals surface area contributed by atoms with Crippen molar-refractivity contribution < 1.29 is 10.2 Å². The van der Waals surface area contributed by atoms with Crippen molar-refractivity contribution in [2.75, 3.05) is 18.5 Å². The van der Waals surface area contributed by atoms with Gasteiger partial charge in [0.2, 0.25) is 0 Å². The van der Waals surface area contributed by atoms with Crippen LogP contribution in [0.5, 0.6) is 0 Å². The van der Waals surface area contributed by atoms with Gasteiger partial charge in [0.05, 0.1) is 31.6 Å². The molecule has 0 aliphatic rings. The molecule has 13 heavy (non-hydrogen) atoms. The maximum Gasteiger partial charge on any atom is 0.147 e. The number of halogens is 1. The molecule has 1 aromatic heterocycles. The number of aliphatic hydroxyl groups excluding tert-OH is 2. The summed E-state index contributed by atoms with van der Waals surface area (Å²) < 4.78 is 0. The Morgan fingerprint density at radius 2 is 2.00 bits per heavy atom. The summed E-state index contributed by atoms with van der Waals surface area (Å²) in [6.45, 7) is -0.332. The van der Waals surface area contributed by atoms with Gasteiger partial charge in [0.1, 0.15) is 11.0 Å². The van der Waals surface area contributed by atoms with Gasteiger partial charge in [-0.2, -0.15) is 0 Å². The molecule has 0 saturated heterocycles. The van der Waals surface area contributed by atoms with Crippen molar-refractivity contribution in [3.63, 3.8) is 0 Å². The highest BCUT2D eigenvalue weighted by molar-refractivity contribution is 6.29. The number of nitrogens with zero attached hydrogens (tertiary/aromatic N) is 2. The van der Waals surface area contributed by atoms with Gasteiger partial charge in [-0.1, -0.05) is 11.6 Å². The van der Waals surface area contributed by atoms with E-state index >= 15 is 0 Å². The van der Waals surface area contributed by atoms with Crippen LogP contribution < -0.4 is 5.32 Å². The van der Waals surface area contributed by atoms with E-state index in [-0.39, 0.29) is 13.2 Å². The molecule has 0 saturated carbocycles. The lowest BCUT2D eigenvalue weighted by Gasteiger charge is -2.12. The van der Waals surface area contributed by atoms with Crippen LogP contribution in [0, 0.1) is 0 Å². The zero-order chi connectivity index (χ0) is 9.68. The topological polar surface area (TPSA) is 78.3 Å². The zero-order valence-electron chi connectivity index (χ0n) is 6.81. The van der Waals surface area contributed by atoms with E-state index in [1.54, 1.807) is 0 Å². The normalized spacial score (nSPS) is 10.5. The van der Waals surface area contributed by atoms with Crippen molar-refractivity contribution in [3.8, 4) is 0 Å². The molecule has 6 heteroatoms. The highest BCUT2D eigenvalue weighted by atomic mass is 35.5. The van der Waals surface area contributed by atoms with Gasteiger partial charge in [-0.3, -0.25) is 0 Å². The Bertz CT molecular complexity index is 250. The first-order chi connectivity index (χ1) is 6.26. The third-order valence-electron chi connectivity index (χ3n) is 1.41. The summed E-state index contributed by atoms with van der Waals surface area (Å²) in [5.41, 5.74) is 0. The first-order valence-corrected chi connectivity index (χ1v) is 4.10. The Morgan fingerprint density at radius 3 is 2.46 bits per heavy atom. The minimum Gasteiger partial charge on any atom is -0.394 e. The van der Waals surface area contributed by atoms with E-state index in [9.17, 15) is 0 Å². The van der Waals surface area contributed by atoms with Gasteiger partial charge in [-0.05, 0) is 0 Å². The number of hydrogen-bond acceptors (Lipinski definition) is 5. The van der Waals surface area contributed by atoms with Gasteiger partial charge >= 0.3 is 0 Å². The van der Waals surface area contributed by atoms with E-state index in [0.717, 1.165) is 0 Å². The fourth-order valence-corrected chi connectivity index (χ4v) is 0.843. The molecule has 0 unspecified atom stereocenters. The summed E-state index contributed by atoms with van der Waals surface area (Å²) in [6, 6.07) is -0.421. The van der Waals surface area contributed by atoms with Crippen LogP contribution in [0.25, 0.3) is 0 Å². The van der Waals surface area contributed by atoms with E-state index in [1.807, 2.05) is 0 Å². The van der Waals surface area contributed by atoms with Crippen LogP contribution in [0.2, 0.25) is 5.15 Å². The predicted octanol–water partition coefficient (Wildman–Crippen LogP) is -0.105. The van der Waals surface area contributed by atoms with E-state index in [2.05, 4.69) is 15.3 Å². The Balaban J connectivity index is 2.58. The lowest BCUT2D eigenvalue weighted by atomic mass is 10.3. The fraction of sp³-hybridized carbons (Fsp3) is 0.429. The molecule has 0 aliphatic carbocycles. The first-order valence-electron chi connectivity index (χ1n) is 3.72. The maximum absolute atomic E-state index is 8.75. The number of aliphatic hydroxyl groups is 2. The third kappa shape index (κ3) is 3.14. The molecule has 3 N–H and O–H groups in total. The van der Waals surface area contributed by atoms with E-state index in [1.165, 1.54) is 12.4 Å². The van der Waals surface area contributed by atoms with Crippen LogP contribution in [0.3, 0.4) is 0 Å². The molecular weight excluding hydrogens is 194 g/mol. The van der Waals surface area contributed by atoms with Crippen LogP contribution in [0.1, 0.15) is 0 Å². The second-order valence-corrected chi connectivity index (χ2v) is 2.82. The minimum absolute atomic E-state index is 0.166. The summed E-state index contributed by atoms with van der Waals surface area (Å²) >= 11 is 5.52. The number of aromatic nitrogens is 2. The molecule has 0 radical (unpaired) electrons. The number of hydrogen-bond donors (Lipinski definition) is 3. The van der Waals surface area contributed by atoms with Gasteiger partial charge in [0.25, 0.3) is 0 Å². The predicted molar refractivity (Wildman–Crippen MR) is 48.6 cm³/mol. The average molecular weight is 204 g/mol. The van der Waals surface area contributed by atoms with E-state index in [4.69, 9.17) is 21.8 Å². The van der Waals surface area contributed by atoms with Gasteiger partial charge in [0.15, 0.2) is 0 Å². The van der Waals surface area contributed by atoms with Crippen LogP contribution in [-0.4, -0.2) is 39.4 Å². The molecule has 72 valence electrons. The smallest absolute Gasteiger partial charge is 0.147 e. The Hall–Kier alpha value is -0.910. The summed E-state index contributed by atoms with van der Waals surface area (Å²) in [5.74, 6) is 0.470. The monoisotopic (exact) mass is 203 g/mol. The standard InChI is InChI=1S/C7H10ClN3O2/c8-6-1-10-7(2-9-6)11-5(3-12)4-13/h1-2,5,12-13H,3-4H2,(H,10,11). The van der Waals surface area contributed by atoms with Crippen LogP contribution >= 0.6 is 11.6 Å². The number of rotatable bonds is 4. The van der Waals surface area contributed by atoms with Crippen molar-refractivity contribution in [3.05, 3.63) is 17.5 Å². The summed E-state index contributed by atoms with van der Waals surface area (Å²) in [4.78, 5) is 7.66. The third-order valence-corrected chi connectivity index (χ3v) is 1.61. The molecule has 0 bridgehead atoms. The first kappa shape index (κ1) is 10.2. The van der Waals surface area contributed by atoms with Gasteiger partial charge in [-0.25, -0.2) is 9.97 Å². The van der Waals surface area contributed by atoms with Crippen molar-refractivity contribution >= 4 is 17.4 Å². The maximum atomic E-state index is 8.75. The molecule has 0 amide bonds. The van der Waals surface area contributed by atoms with Crippen molar-refractivity contribution in [1.29, 1.82) is 0 Å². The molecule has 0 spiro atoms. The van der Waals surface area contributed by atoms with Crippen molar-refractivity contribution in [1.82, 2.24) is 9.97 Å². The molecule has 1 aromatic rings. The largest absolute Gasteiger partial charge is 0.394 e. The van der Waals surface area contributed by atoms with Crippen molar-refractivity contribution in [2.24, 2.45) is 0 Å². The lowest BCUT2D eigenvalue weighted by molar-refractivity contribution is 0.203. The number of nitrogens with one attached hydrogen (secondary N) is 1. The Kier molecular flexibility index (Phi) is 3.88. The average Bonchev–Trinajstić information content (AvgIpc) is 2.17. The molecular formula is C7H10ClN3O2. The second-order valence-electron chi connectivity index (χ2n) is 2.43. The van der Waals surface area contributed by atoms with Gasteiger partial charge in [-0.15, -0.1) is 0 Å². The molecule has 0 fully saturated rings. The summed E-state index contributed by atoms with van der Waals surface area (Å²) in [7, 11) is 0. The minimum atomic E-state index is -0.421. The molecule has 0 aliphatic heterocycles. The summed E-state index contributed by atoms with van der Waals surface area (Å²) in [5, 5.41) is 20.6. The van der Waals surface area contributed by atoms with Crippen molar-refractivity contribution in [2.45, 2.75) is 6.04 Å². The highest BCUT2D eigenvalue weighted by Gasteiger charge is 2.05. The SMILES string of the molecule is OCC(CO)Nc1cnc(Cl)cn1. The lowest BCUT2D eigenvalue weighted by Crippen LogP contribution is -2.28. The molecule has 0 atom stereocenters. The van der Waals surface area contributed by atoms with E-state index < -0.39 is 6.04 Å². The highest BCUT2D eigenvalue weighted by Crippen LogP contribution is 2.06. The Morgan fingerprint density at radius 1 is 1.31 bits per heavy atom. The van der Waals surface area contributed by atoms with E-state index in [0.29, 0.717) is 11.0 Å². The molecule has 1 heterocycles. The van der Waals surface area contributed by atoms with Crippen LogP contribution in [0.4, 0.5) is 5.82 Å². The fourth-order valence-electron chi connectivity index (χ4n) is 0.745.